The fourth-order valence-corrected chi connectivity index (χ4v) is 0.149. The van der Waals surface area contributed by atoms with Crippen molar-refractivity contribution >= 4 is 0 Å². The van der Waals surface area contributed by atoms with Crippen molar-refractivity contribution < 1.29 is 52.4 Å². The van der Waals surface area contributed by atoms with Crippen molar-refractivity contribution in [3.63, 3.8) is 0 Å². The van der Waals surface area contributed by atoms with Crippen molar-refractivity contribution in [2.24, 2.45) is 0 Å². The normalized spacial score (nSPS) is 7.64. The third-order valence-corrected chi connectivity index (χ3v) is 0.482. The maximum Gasteiger partial charge on any atom is 0.0320 e. The maximum atomic E-state index is 7.82. The predicted octanol–water partition coefficient (Wildman–Crippen LogP) is 0.332. The molecule has 0 rings (SSSR count). The molecule has 0 fully saturated rings. The van der Waals surface area contributed by atoms with Crippen LogP contribution in [0.3, 0.4) is 0 Å². The fraction of sp³-hybridized carbons (Fsp3) is 0.667. The first-order chi connectivity index (χ1) is 4.83. The molecular formula is C6H14O4Y-2. The predicted molar refractivity (Wildman–Crippen MR) is 36.2 cm³/mol. The molecule has 0 aromatic heterocycles. The Hall–Kier alpha value is 0.944. The summed E-state index contributed by atoms with van der Waals surface area (Å²) in [6, 6.07) is 0. The number of methoxy groups -OCH3 is 2. The van der Waals surface area contributed by atoms with E-state index in [0.29, 0.717) is 13.2 Å². The molecule has 1 radical (unpaired) electrons. The summed E-state index contributed by atoms with van der Waals surface area (Å²) in [7, 11) is 3.04. The molecule has 0 aliphatic rings. The molecule has 11 heavy (non-hydrogen) atoms. The van der Waals surface area contributed by atoms with Gasteiger partial charge in [-0.1, -0.05) is 13.2 Å². The summed E-state index contributed by atoms with van der Waals surface area (Å²) in [5.74, 6) is 0. The molecule has 4 nitrogen and oxygen atoms in total. The van der Waals surface area contributed by atoms with E-state index < -0.39 is 0 Å². The molecule has 0 aromatic rings. The molecule has 0 unspecified atom stereocenters. The van der Waals surface area contributed by atoms with Crippen LogP contribution in [0.5, 0.6) is 0 Å². The van der Waals surface area contributed by atoms with Crippen LogP contribution in [0.1, 0.15) is 0 Å². The van der Waals surface area contributed by atoms with E-state index >= 15 is 0 Å². The van der Waals surface area contributed by atoms with Crippen LogP contribution in [0.2, 0.25) is 0 Å². The second-order valence-corrected chi connectivity index (χ2v) is 1.28. The summed E-state index contributed by atoms with van der Waals surface area (Å²) in [6.45, 7) is 2.56. The summed E-state index contributed by atoms with van der Waals surface area (Å²) in [6.07, 6.45) is 0. The Morgan fingerprint density at radius 1 is 1.00 bits per heavy atom. The number of aliphatic hydroxyl groups excluding tert-OH is 2. The van der Waals surface area contributed by atoms with Gasteiger partial charge in [-0.25, -0.2) is 0 Å². The minimum Gasteiger partial charge on any atom is -0.564 e. The van der Waals surface area contributed by atoms with E-state index in [1.807, 2.05) is 0 Å². The average Bonchev–Trinajstić information content (AvgIpc) is 1.93. The van der Waals surface area contributed by atoms with Gasteiger partial charge in [0.1, 0.15) is 0 Å². The largest absolute Gasteiger partial charge is 0.564 e. The van der Waals surface area contributed by atoms with Crippen LogP contribution in [0, 0.1) is 13.2 Å². The first-order valence-electron chi connectivity index (χ1n) is 2.73. The SMILES string of the molecule is COC[CH-]O.COC[CH-]O.[Y]. The van der Waals surface area contributed by atoms with E-state index in [0.717, 1.165) is 13.2 Å². The Morgan fingerprint density at radius 2 is 1.27 bits per heavy atom. The van der Waals surface area contributed by atoms with Crippen molar-refractivity contribution in [1.29, 1.82) is 0 Å². The molecule has 0 bridgehead atoms. The molecular weight excluding hydrogens is 225 g/mol. The Bertz CT molecular complexity index is 35.6. The molecule has 67 valence electrons. The van der Waals surface area contributed by atoms with Gasteiger partial charge >= 0.3 is 0 Å². The second-order valence-electron chi connectivity index (χ2n) is 1.28. The zero-order valence-corrected chi connectivity index (χ0v) is 9.70. The quantitative estimate of drug-likeness (QED) is 0.694. The van der Waals surface area contributed by atoms with Crippen LogP contribution < -0.4 is 0 Å². The Kier molecular flexibility index (Phi) is 36.5. The van der Waals surface area contributed by atoms with Crippen LogP contribution in [0.25, 0.3) is 0 Å². The first kappa shape index (κ1) is 17.9. The molecule has 0 saturated heterocycles. The van der Waals surface area contributed by atoms with Crippen LogP contribution in [0.15, 0.2) is 0 Å². The summed E-state index contributed by atoms with van der Waals surface area (Å²) < 4.78 is 8.77. The van der Waals surface area contributed by atoms with E-state index in [4.69, 9.17) is 10.2 Å². The van der Waals surface area contributed by atoms with Crippen molar-refractivity contribution in [1.82, 2.24) is 0 Å². The van der Waals surface area contributed by atoms with Crippen LogP contribution in [0.4, 0.5) is 0 Å². The van der Waals surface area contributed by atoms with E-state index in [1.165, 1.54) is 14.2 Å². The van der Waals surface area contributed by atoms with Gasteiger partial charge in [0.15, 0.2) is 0 Å². The van der Waals surface area contributed by atoms with E-state index in [-0.39, 0.29) is 32.7 Å². The van der Waals surface area contributed by atoms with Gasteiger partial charge in [0.2, 0.25) is 0 Å². The average molecular weight is 239 g/mol. The molecule has 0 aromatic carbocycles. The first-order valence-corrected chi connectivity index (χ1v) is 2.73. The van der Waals surface area contributed by atoms with Gasteiger partial charge in [0, 0.05) is 46.9 Å². The monoisotopic (exact) mass is 239 g/mol. The van der Waals surface area contributed by atoms with Gasteiger partial charge < -0.3 is 19.7 Å². The van der Waals surface area contributed by atoms with E-state index in [9.17, 15) is 0 Å². The molecule has 0 amide bonds. The van der Waals surface area contributed by atoms with Crippen LogP contribution >= 0.6 is 0 Å². The third-order valence-electron chi connectivity index (χ3n) is 0.482. The summed E-state index contributed by atoms with van der Waals surface area (Å²) in [4.78, 5) is 0. The minimum absolute atomic E-state index is 0. The third kappa shape index (κ3) is 35.8. The summed E-state index contributed by atoms with van der Waals surface area (Å²) in [5.41, 5.74) is 0. The van der Waals surface area contributed by atoms with Crippen molar-refractivity contribution in [2.75, 3.05) is 27.4 Å². The van der Waals surface area contributed by atoms with Crippen molar-refractivity contribution in [2.45, 2.75) is 0 Å². The van der Waals surface area contributed by atoms with E-state index in [1.54, 1.807) is 0 Å². The molecule has 0 aliphatic heterocycles. The standard InChI is InChI=1S/2C3H7O2.Y/c2*1-5-3-2-4;/h2*2,4H,3H2,1H3;/q2*-1;. The fourth-order valence-electron chi connectivity index (χ4n) is 0.149. The van der Waals surface area contributed by atoms with Crippen LogP contribution in [-0.2, 0) is 42.2 Å². The van der Waals surface area contributed by atoms with Gasteiger partial charge in [-0.05, 0) is 0 Å². The zero-order chi connectivity index (χ0) is 8.24. The summed E-state index contributed by atoms with van der Waals surface area (Å²) in [5, 5.41) is 15.6. The number of hydrogen-bond acceptors (Lipinski definition) is 4. The van der Waals surface area contributed by atoms with Crippen LogP contribution in [-0.4, -0.2) is 37.6 Å². The van der Waals surface area contributed by atoms with Gasteiger partial charge in [-0.3, -0.25) is 0 Å². The number of ether oxygens (including phenoxy) is 2. The molecule has 0 aliphatic carbocycles. The van der Waals surface area contributed by atoms with Gasteiger partial charge in [0.25, 0.3) is 0 Å². The number of rotatable bonds is 4. The molecule has 0 spiro atoms. The van der Waals surface area contributed by atoms with Gasteiger partial charge in [0.05, 0.1) is 0 Å². The van der Waals surface area contributed by atoms with Crippen molar-refractivity contribution in [3.05, 3.63) is 13.2 Å². The second kappa shape index (κ2) is 22.4. The Morgan fingerprint density at radius 3 is 1.27 bits per heavy atom. The van der Waals surface area contributed by atoms with Crippen molar-refractivity contribution in [3.8, 4) is 0 Å². The number of aliphatic hydroxyl groups is 2. The number of hydrogen-bond donors (Lipinski definition) is 2. The zero-order valence-electron chi connectivity index (χ0n) is 6.86. The smallest absolute Gasteiger partial charge is 0.0320 e. The van der Waals surface area contributed by atoms with Gasteiger partial charge in [-0.15, -0.1) is 0 Å². The molecule has 5 heteroatoms. The molecule has 2 N–H and O–H groups in total. The minimum atomic E-state index is 0. The Labute approximate surface area is 92.8 Å². The topological polar surface area (TPSA) is 58.9 Å². The molecule has 0 heterocycles. The van der Waals surface area contributed by atoms with E-state index in [2.05, 4.69) is 9.47 Å². The molecule has 0 saturated carbocycles. The maximum absolute atomic E-state index is 7.82. The summed E-state index contributed by atoms with van der Waals surface area (Å²) >= 11 is 0. The Balaban J connectivity index is -0.000000107. The molecule has 0 atom stereocenters. The van der Waals surface area contributed by atoms with Gasteiger partial charge in [-0.2, -0.15) is 13.2 Å².